The summed E-state index contributed by atoms with van der Waals surface area (Å²) in [5.41, 5.74) is 7.95. The van der Waals surface area contributed by atoms with Gasteiger partial charge in [-0.05, 0) is 31.0 Å². The Morgan fingerprint density at radius 3 is 2.92 bits per heavy atom. The van der Waals surface area contributed by atoms with Crippen molar-refractivity contribution in [3.8, 4) is 5.69 Å². The summed E-state index contributed by atoms with van der Waals surface area (Å²) < 4.78 is 1.67. The summed E-state index contributed by atoms with van der Waals surface area (Å²) in [5, 5.41) is 10.9. The summed E-state index contributed by atoms with van der Waals surface area (Å²) in [6.45, 7) is 0. The molecule has 0 spiro atoms. The van der Waals surface area contributed by atoms with Crippen LogP contribution in [0.3, 0.4) is 0 Å². The van der Waals surface area contributed by atoms with E-state index in [1.165, 1.54) is 19.2 Å². The highest BCUT2D eigenvalue weighted by atomic mass is 16.2. The van der Waals surface area contributed by atoms with Crippen molar-refractivity contribution in [3.63, 3.8) is 0 Å². The molecule has 0 saturated heterocycles. The van der Waals surface area contributed by atoms with Crippen LogP contribution >= 0.6 is 0 Å². The molecule has 2 aromatic heterocycles. The lowest BCUT2D eigenvalue weighted by Gasteiger charge is -2.13. The fraction of sp³-hybridized carbons (Fsp3) is 0.294. The van der Waals surface area contributed by atoms with Crippen molar-refractivity contribution in [2.24, 2.45) is 0 Å². The summed E-state index contributed by atoms with van der Waals surface area (Å²) in [5.74, 6) is 0.390. The van der Waals surface area contributed by atoms with E-state index in [4.69, 9.17) is 5.73 Å². The van der Waals surface area contributed by atoms with Gasteiger partial charge >= 0.3 is 6.03 Å². The SMILES string of the molecule is Nc1ncnc2c1cnn2-c1cccc(NC(=O)NC2CCCC2)c1. The molecule has 1 aliphatic carbocycles. The Kier molecular flexibility index (Phi) is 3.93. The van der Waals surface area contributed by atoms with Gasteiger partial charge in [-0.1, -0.05) is 18.9 Å². The molecule has 1 saturated carbocycles. The molecule has 2 amide bonds. The maximum absolute atomic E-state index is 12.1. The Bertz CT molecular complexity index is 914. The predicted octanol–water partition coefficient (Wildman–Crippen LogP) is 2.46. The van der Waals surface area contributed by atoms with E-state index in [0.717, 1.165) is 18.5 Å². The molecule has 0 unspecified atom stereocenters. The van der Waals surface area contributed by atoms with Crippen LogP contribution in [0.15, 0.2) is 36.8 Å². The first-order valence-corrected chi connectivity index (χ1v) is 8.33. The van der Waals surface area contributed by atoms with Crippen LogP contribution in [-0.2, 0) is 0 Å². The van der Waals surface area contributed by atoms with Gasteiger partial charge in [-0.25, -0.2) is 19.4 Å². The van der Waals surface area contributed by atoms with Crippen LogP contribution in [0.4, 0.5) is 16.3 Å². The number of rotatable bonds is 3. The lowest BCUT2D eigenvalue weighted by atomic mass is 10.2. The number of nitrogens with zero attached hydrogens (tertiary/aromatic N) is 4. The number of urea groups is 1. The van der Waals surface area contributed by atoms with Gasteiger partial charge in [0.25, 0.3) is 0 Å². The molecule has 2 heterocycles. The normalized spacial score (nSPS) is 14.7. The third kappa shape index (κ3) is 3.10. The van der Waals surface area contributed by atoms with Gasteiger partial charge in [0.05, 0.1) is 17.3 Å². The smallest absolute Gasteiger partial charge is 0.319 e. The lowest BCUT2D eigenvalue weighted by molar-refractivity contribution is 0.248. The zero-order valence-electron chi connectivity index (χ0n) is 13.6. The van der Waals surface area contributed by atoms with Gasteiger partial charge in [-0.3, -0.25) is 0 Å². The molecule has 1 aliphatic rings. The highest BCUT2D eigenvalue weighted by Gasteiger charge is 2.17. The highest BCUT2D eigenvalue weighted by Crippen LogP contribution is 2.22. The zero-order chi connectivity index (χ0) is 17.2. The van der Waals surface area contributed by atoms with Gasteiger partial charge in [0.2, 0.25) is 0 Å². The standard InChI is InChI=1S/C17H19N7O/c18-15-14-9-21-24(16(14)20-10-19-15)13-7-3-6-12(8-13)23-17(25)22-11-4-1-2-5-11/h3,6-11H,1-2,4-5H2,(H2,18,19,20)(H2,22,23,25). The van der Waals surface area contributed by atoms with Gasteiger partial charge < -0.3 is 16.4 Å². The number of carbonyl (C=O) groups is 1. The van der Waals surface area contributed by atoms with Gasteiger partial charge in [-0.15, -0.1) is 0 Å². The molecular weight excluding hydrogens is 318 g/mol. The molecule has 0 atom stereocenters. The van der Waals surface area contributed by atoms with Crippen molar-refractivity contribution < 1.29 is 4.79 Å². The van der Waals surface area contributed by atoms with E-state index < -0.39 is 0 Å². The third-order valence-corrected chi connectivity index (χ3v) is 4.44. The first-order valence-electron chi connectivity index (χ1n) is 8.33. The summed E-state index contributed by atoms with van der Waals surface area (Å²) >= 11 is 0. The Hall–Kier alpha value is -3.16. The molecule has 0 radical (unpaired) electrons. The summed E-state index contributed by atoms with van der Waals surface area (Å²) in [7, 11) is 0. The number of amides is 2. The van der Waals surface area contributed by atoms with Crippen LogP contribution in [0.2, 0.25) is 0 Å². The minimum Gasteiger partial charge on any atom is -0.383 e. The quantitative estimate of drug-likeness (QED) is 0.680. The molecule has 8 heteroatoms. The number of nitrogens with one attached hydrogen (secondary N) is 2. The fourth-order valence-electron chi connectivity index (χ4n) is 3.19. The Balaban J connectivity index is 1.56. The maximum atomic E-state index is 12.1. The van der Waals surface area contributed by atoms with Crippen LogP contribution in [0, 0.1) is 0 Å². The molecule has 3 aromatic rings. The Morgan fingerprint density at radius 2 is 2.08 bits per heavy atom. The largest absolute Gasteiger partial charge is 0.383 e. The summed E-state index contributed by atoms with van der Waals surface area (Å²) in [4.78, 5) is 20.4. The number of hydrogen-bond donors (Lipinski definition) is 3. The van der Waals surface area contributed by atoms with E-state index >= 15 is 0 Å². The molecule has 4 rings (SSSR count). The summed E-state index contributed by atoms with van der Waals surface area (Å²) in [6, 6.07) is 7.54. The number of hydrogen-bond acceptors (Lipinski definition) is 5. The fourth-order valence-corrected chi connectivity index (χ4v) is 3.19. The van der Waals surface area contributed by atoms with Crippen LogP contribution in [0.1, 0.15) is 25.7 Å². The second-order valence-corrected chi connectivity index (χ2v) is 6.18. The van der Waals surface area contributed by atoms with Crippen molar-refractivity contribution >= 4 is 28.6 Å². The van der Waals surface area contributed by atoms with Crippen LogP contribution in [0.5, 0.6) is 0 Å². The number of nitrogen functional groups attached to an aromatic ring is 1. The third-order valence-electron chi connectivity index (χ3n) is 4.44. The molecule has 0 bridgehead atoms. The van der Waals surface area contributed by atoms with E-state index in [1.54, 1.807) is 10.9 Å². The van der Waals surface area contributed by atoms with E-state index in [-0.39, 0.29) is 12.1 Å². The molecule has 1 fully saturated rings. The predicted molar refractivity (Wildman–Crippen MR) is 95.5 cm³/mol. The zero-order valence-corrected chi connectivity index (χ0v) is 13.6. The Labute approximate surface area is 144 Å². The van der Waals surface area contributed by atoms with E-state index in [0.29, 0.717) is 22.5 Å². The topological polar surface area (TPSA) is 111 Å². The van der Waals surface area contributed by atoms with Crippen molar-refractivity contribution in [2.75, 3.05) is 11.1 Å². The maximum Gasteiger partial charge on any atom is 0.319 e. The number of fused-ring (bicyclic) bond motifs is 1. The number of carbonyl (C=O) groups excluding carboxylic acids is 1. The second kappa shape index (κ2) is 6.39. The van der Waals surface area contributed by atoms with E-state index in [9.17, 15) is 4.79 Å². The molecule has 0 aliphatic heterocycles. The average molecular weight is 337 g/mol. The summed E-state index contributed by atoms with van der Waals surface area (Å²) in [6.07, 6.45) is 7.50. The van der Waals surface area contributed by atoms with Gasteiger partial charge in [0.15, 0.2) is 5.65 Å². The first-order chi connectivity index (χ1) is 12.2. The van der Waals surface area contributed by atoms with Gasteiger partial charge in [0, 0.05) is 11.7 Å². The molecular formula is C17H19N7O. The lowest BCUT2D eigenvalue weighted by Crippen LogP contribution is -2.36. The molecule has 4 N–H and O–H groups in total. The van der Waals surface area contributed by atoms with Gasteiger partial charge in [-0.2, -0.15) is 5.10 Å². The molecule has 25 heavy (non-hydrogen) atoms. The minimum absolute atomic E-state index is 0.180. The van der Waals surface area contributed by atoms with E-state index in [2.05, 4.69) is 25.7 Å². The number of benzene rings is 1. The van der Waals surface area contributed by atoms with Crippen LogP contribution in [-0.4, -0.2) is 31.8 Å². The highest BCUT2D eigenvalue weighted by molar-refractivity contribution is 5.90. The van der Waals surface area contributed by atoms with Crippen molar-refractivity contribution in [1.82, 2.24) is 25.1 Å². The van der Waals surface area contributed by atoms with Crippen LogP contribution < -0.4 is 16.4 Å². The molecule has 1 aromatic carbocycles. The monoisotopic (exact) mass is 337 g/mol. The van der Waals surface area contributed by atoms with Crippen molar-refractivity contribution in [3.05, 3.63) is 36.8 Å². The average Bonchev–Trinajstić information content (AvgIpc) is 3.25. The number of anilines is 2. The van der Waals surface area contributed by atoms with Gasteiger partial charge in [0.1, 0.15) is 12.1 Å². The first kappa shape index (κ1) is 15.4. The molecule has 128 valence electrons. The Morgan fingerprint density at radius 1 is 1.24 bits per heavy atom. The number of aromatic nitrogens is 4. The van der Waals surface area contributed by atoms with Crippen molar-refractivity contribution in [2.45, 2.75) is 31.7 Å². The molecule has 8 nitrogen and oxygen atoms in total. The number of nitrogens with two attached hydrogens (primary N) is 1. The van der Waals surface area contributed by atoms with E-state index in [1.807, 2.05) is 24.3 Å². The van der Waals surface area contributed by atoms with Crippen molar-refractivity contribution in [1.29, 1.82) is 0 Å². The second-order valence-electron chi connectivity index (χ2n) is 6.18. The van der Waals surface area contributed by atoms with Crippen LogP contribution in [0.25, 0.3) is 16.7 Å². The minimum atomic E-state index is -0.180.